The Hall–Kier alpha value is -1.85. The largest absolute Gasteiger partial charge is 0.508 e. The van der Waals surface area contributed by atoms with Gasteiger partial charge in [0.05, 0.1) is 4.88 Å². The first-order chi connectivity index (χ1) is 11.2. The molecule has 2 saturated heterocycles. The number of piperidine rings is 1. The van der Waals surface area contributed by atoms with Crippen LogP contribution in [0, 0.1) is 5.92 Å². The van der Waals surface area contributed by atoms with Crippen LogP contribution in [0.5, 0.6) is 5.75 Å². The number of thiophene rings is 1. The number of rotatable bonds is 3. The number of phenolic OH excluding ortho intramolecular Hbond substituents is 1. The molecule has 1 aromatic carbocycles. The monoisotopic (exact) mass is 328 g/mol. The van der Waals surface area contributed by atoms with Gasteiger partial charge in [0.15, 0.2) is 0 Å². The van der Waals surface area contributed by atoms with Crippen molar-refractivity contribution in [3.63, 3.8) is 0 Å². The van der Waals surface area contributed by atoms with E-state index in [1.54, 1.807) is 12.1 Å². The van der Waals surface area contributed by atoms with Crippen molar-refractivity contribution in [1.29, 1.82) is 0 Å². The molecule has 2 aliphatic rings. The number of hydrogen-bond acceptors (Lipinski definition) is 4. The number of carbonyl (C=O) groups is 1. The van der Waals surface area contributed by atoms with Gasteiger partial charge in [-0.25, -0.2) is 0 Å². The number of nitrogens with one attached hydrogen (secondary N) is 1. The van der Waals surface area contributed by atoms with E-state index in [0.29, 0.717) is 0 Å². The molecule has 0 spiro atoms. The summed E-state index contributed by atoms with van der Waals surface area (Å²) in [7, 11) is 0. The number of amides is 1. The lowest BCUT2D eigenvalue weighted by molar-refractivity contribution is 0.0913. The van der Waals surface area contributed by atoms with Crippen molar-refractivity contribution in [2.24, 2.45) is 5.92 Å². The zero-order chi connectivity index (χ0) is 15.8. The highest BCUT2D eigenvalue weighted by Crippen LogP contribution is 2.30. The summed E-state index contributed by atoms with van der Waals surface area (Å²) >= 11 is 1.50. The molecule has 120 valence electrons. The Kier molecular flexibility index (Phi) is 3.83. The van der Waals surface area contributed by atoms with Gasteiger partial charge < -0.3 is 15.3 Å². The van der Waals surface area contributed by atoms with E-state index in [9.17, 15) is 9.90 Å². The molecule has 23 heavy (non-hydrogen) atoms. The molecule has 0 saturated carbocycles. The summed E-state index contributed by atoms with van der Waals surface area (Å²) in [6.07, 6.45) is 2.38. The highest BCUT2D eigenvalue weighted by Gasteiger charge is 2.33. The fourth-order valence-electron chi connectivity index (χ4n) is 3.66. The minimum atomic E-state index is 0.0347. The topological polar surface area (TPSA) is 52.6 Å². The van der Waals surface area contributed by atoms with Crippen LogP contribution in [0.25, 0.3) is 10.4 Å². The van der Waals surface area contributed by atoms with Crippen LogP contribution in [0.1, 0.15) is 22.5 Å². The lowest BCUT2D eigenvalue weighted by Gasteiger charge is -2.30. The second kappa shape index (κ2) is 5.98. The van der Waals surface area contributed by atoms with Crippen molar-refractivity contribution >= 4 is 17.2 Å². The molecule has 5 heteroatoms. The first-order valence-corrected chi connectivity index (χ1v) is 8.91. The molecule has 0 radical (unpaired) electrons. The van der Waals surface area contributed by atoms with E-state index in [0.717, 1.165) is 34.2 Å². The molecule has 4 rings (SSSR count). The maximum absolute atomic E-state index is 12.5. The number of nitrogens with zero attached hydrogens (tertiary/aromatic N) is 1. The highest BCUT2D eigenvalue weighted by atomic mass is 32.1. The Labute approximate surface area is 139 Å². The third-order valence-electron chi connectivity index (χ3n) is 4.78. The number of benzene rings is 1. The first-order valence-electron chi connectivity index (χ1n) is 8.10. The summed E-state index contributed by atoms with van der Waals surface area (Å²) in [5, 5.41) is 12.6. The molecule has 4 nitrogen and oxygen atoms in total. The standard InChI is InChI=1S/C18H20N2O2S/c21-15-3-1-13(2-4-15)16-5-6-17(23-16)18(22)19-14-9-12-7-8-20(10-12)11-14/h1-6,12,14,21H,7-11H2,(H,19,22)/t12-,14+/m1/s1. The van der Waals surface area contributed by atoms with Gasteiger partial charge in [-0.1, -0.05) is 0 Å². The van der Waals surface area contributed by atoms with E-state index in [4.69, 9.17) is 0 Å². The number of carbonyl (C=O) groups excluding carboxylic acids is 1. The molecule has 2 fully saturated rings. The van der Waals surface area contributed by atoms with Crippen LogP contribution in [0.3, 0.4) is 0 Å². The van der Waals surface area contributed by atoms with E-state index in [1.165, 1.54) is 30.8 Å². The van der Waals surface area contributed by atoms with Crippen LogP contribution in [0.2, 0.25) is 0 Å². The lowest BCUT2D eigenvalue weighted by Crippen LogP contribution is -2.46. The number of fused-ring (bicyclic) bond motifs is 2. The average molecular weight is 328 g/mol. The van der Waals surface area contributed by atoms with Crippen molar-refractivity contribution in [3.05, 3.63) is 41.3 Å². The van der Waals surface area contributed by atoms with Gasteiger partial charge in [-0.3, -0.25) is 4.79 Å². The second-order valence-electron chi connectivity index (χ2n) is 6.53. The van der Waals surface area contributed by atoms with Gasteiger partial charge in [0.2, 0.25) is 0 Å². The third-order valence-corrected chi connectivity index (χ3v) is 5.92. The molecular weight excluding hydrogens is 308 g/mol. The summed E-state index contributed by atoms with van der Waals surface area (Å²) < 4.78 is 0. The number of phenols is 1. The van der Waals surface area contributed by atoms with Crippen molar-refractivity contribution < 1.29 is 9.90 Å². The van der Waals surface area contributed by atoms with Gasteiger partial charge in [-0.05, 0) is 67.3 Å². The molecule has 2 N–H and O–H groups in total. The Morgan fingerprint density at radius 2 is 2.00 bits per heavy atom. The SMILES string of the molecule is O=C(N[C@H]1C[C@H]2CCN(C2)C1)c1ccc(-c2ccc(O)cc2)s1. The van der Waals surface area contributed by atoms with Crippen molar-refractivity contribution in [3.8, 4) is 16.2 Å². The van der Waals surface area contributed by atoms with Gasteiger partial charge in [0.1, 0.15) is 5.75 Å². The number of hydrogen-bond donors (Lipinski definition) is 2. The maximum atomic E-state index is 12.5. The average Bonchev–Trinajstić information content (AvgIpc) is 3.15. The Bertz CT molecular complexity index is 698. The van der Waals surface area contributed by atoms with E-state index >= 15 is 0 Å². The third kappa shape index (κ3) is 3.12. The van der Waals surface area contributed by atoms with Gasteiger partial charge in [-0.2, -0.15) is 0 Å². The van der Waals surface area contributed by atoms with Crippen LogP contribution in [0.4, 0.5) is 0 Å². The smallest absolute Gasteiger partial charge is 0.261 e. The van der Waals surface area contributed by atoms with Crippen LogP contribution in [-0.2, 0) is 0 Å². The molecular formula is C18H20N2O2S. The maximum Gasteiger partial charge on any atom is 0.261 e. The second-order valence-corrected chi connectivity index (χ2v) is 7.61. The molecule has 2 aromatic rings. The Morgan fingerprint density at radius 1 is 1.17 bits per heavy atom. The van der Waals surface area contributed by atoms with E-state index in [2.05, 4.69) is 10.2 Å². The fraction of sp³-hybridized carbons (Fsp3) is 0.389. The first kappa shape index (κ1) is 14.7. The van der Waals surface area contributed by atoms with Crippen molar-refractivity contribution in [2.75, 3.05) is 19.6 Å². The van der Waals surface area contributed by atoms with E-state index < -0.39 is 0 Å². The van der Waals surface area contributed by atoms with E-state index in [1.807, 2.05) is 24.3 Å². The minimum absolute atomic E-state index is 0.0347. The summed E-state index contributed by atoms with van der Waals surface area (Å²) in [6, 6.07) is 11.2. The van der Waals surface area contributed by atoms with Crippen LogP contribution in [0.15, 0.2) is 36.4 Å². The zero-order valence-electron chi connectivity index (χ0n) is 12.9. The van der Waals surface area contributed by atoms with Crippen LogP contribution >= 0.6 is 11.3 Å². The Morgan fingerprint density at radius 3 is 2.78 bits per heavy atom. The molecule has 2 aliphatic heterocycles. The lowest BCUT2D eigenvalue weighted by atomic mass is 9.97. The van der Waals surface area contributed by atoms with Gasteiger partial charge in [0.25, 0.3) is 5.91 Å². The summed E-state index contributed by atoms with van der Waals surface area (Å²) in [4.78, 5) is 16.7. The zero-order valence-corrected chi connectivity index (χ0v) is 13.7. The normalized spacial score (nSPS) is 26.2. The Balaban J connectivity index is 1.44. The van der Waals surface area contributed by atoms with Gasteiger partial charge >= 0.3 is 0 Å². The fourth-order valence-corrected chi connectivity index (χ4v) is 4.58. The van der Waals surface area contributed by atoms with Gasteiger partial charge in [-0.15, -0.1) is 11.3 Å². The minimum Gasteiger partial charge on any atom is -0.508 e. The van der Waals surface area contributed by atoms with Gasteiger partial charge in [0, 0.05) is 24.0 Å². The molecule has 0 aliphatic carbocycles. The summed E-state index contributed by atoms with van der Waals surface area (Å²) in [6.45, 7) is 3.37. The van der Waals surface area contributed by atoms with Crippen molar-refractivity contribution in [1.82, 2.24) is 10.2 Å². The predicted molar refractivity (Wildman–Crippen MR) is 91.8 cm³/mol. The summed E-state index contributed by atoms with van der Waals surface area (Å²) in [5.74, 6) is 1.04. The van der Waals surface area contributed by atoms with Crippen LogP contribution < -0.4 is 5.32 Å². The predicted octanol–water partition coefficient (Wildman–Crippen LogP) is 2.94. The molecule has 3 atom stereocenters. The molecule has 1 unspecified atom stereocenters. The molecule has 1 amide bonds. The highest BCUT2D eigenvalue weighted by molar-refractivity contribution is 7.17. The molecule has 1 aromatic heterocycles. The summed E-state index contributed by atoms with van der Waals surface area (Å²) in [5.41, 5.74) is 1.02. The molecule has 3 heterocycles. The van der Waals surface area contributed by atoms with Crippen molar-refractivity contribution in [2.45, 2.75) is 18.9 Å². The van der Waals surface area contributed by atoms with E-state index in [-0.39, 0.29) is 17.7 Å². The number of aromatic hydroxyl groups is 1. The van der Waals surface area contributed by atoms with Crippen LogP contribution in [-0.4, -0.2) is 41.6 Å². The molecule has 2 bridgehead atoms. The quantitative estimate of drug-likeness (QED) is 0.911.